The average molecular weight is 387 g/mol. The van der Waals surface area contributed by atoms with Gasteiger partial charge in [-0.2, -0.15) is 0 Å². The largest absolute Gasteiger partial charge is 0.483 e. The molecule has 0 N–H and O–H groups in total. The number of rotatable bonds is 4. The Morgan fingerprint density at radius 2 is 1.67 bits per heavy atom. The molecule has 0 spiro atoms. The molecule has 0 bridgehead atoms. The van der Waals surface area contributed by atoms with E-state index in [4.69, 9.17) is 16.3 Å². The highest BCUT2D eigenvalue weighted by Gasteiger charge is 2.25. The highest BCUT2D eigenvalue weighted by atomic mass is 35.5. The fourth-order valence-corrected chi connectivity index (χ4v) is 3.26. The van der Waals surface area contributed by atoms with Gasteiger partial charge in [-0.05, 0) is 49.2 Å². The quantitative estimate of drug-likeness (QED) is 0.809. The van der Waals surface area contributed by atoms with Gasteiger partial charge in [0.2, 0.25) is 0 Å². The number of benzene rings is 2. The van der Waals surface area contributed by atoms with Gasteiger partial charge in [-0.1, -0.05) is 29.8 Å². The number of carbonyl (C=O) groups excluding carboxylic acids is 2. The van der Waals surface area contributed by atoms with Gasteiger partial charge in [-0.3, -0.25) is 9.59 Å². The van der Waals surface area contributed by atoms with Crippen LogP contribution < -0.4 is 4.74 Å². The fourth-order valence-electron chi connectivity index (χ4n) is 3.07. The molecule has 6 heteroatoms. The van der Waals surface area contributed by atoms with Crippen molar-refractivity contribution < 1.29 is 14.3 Å². The smallest absolute Gasteiger partial charge is 0.260 e. The Morgan fingerprint density at radius 3 is 2.37 bits per heavy atom. The lowest BCUT2D eigenvalue weighted by Crippen LogP contribution is -2.51. The second kappa shape index (κ2) is 8.44. The summed E-state index contributed by atoms with van der Waals surface area (Å²) in [6.45, 7) is 6.01. The first-order chi connectivity index (χ1) is 13.0. The molecular formula is C21H23ClN2O3. The van der Waals surface area contributed by atoms with Crippen LogP contribution in [0.1, 0.15) is 21.5 Å². The maximum Gasteiger partial charge on any atom is 0.260 e. The number of carbonyl (C=O) groups is 2. The van der Waals surface area contributed by atoms with E-state index in [1.54, 1.807) is 34.1 Å². The highest BCUT2D eigenvalue weighted by Crippen LogP contribution is 2.20. The summed E-state index contributed by atoms with van der Waals surface area (Å²) < 4.78 is 5.70. The van der Waals surface area contributed by atoms with Gasteiger partial charge < -0.3 is 14.5 Å². The first-order valence-electron chi connectivity index (χ1n) is 8.97. The first-order valence-corrected chi connectivity index (χ1v) is 9.35. The Labute approximate surface area is 164 Å². The third-order valence-corrected chi connectivity index (χ3v) is 5.13. The van der Waals surface area contributed by atoms with Gasteiger partial charge in [0.15, 0.2) is 6.61 Å². The molecule has 5 nitrogen and oxygen atoms in total. The van der Waals surface area contributed by atoms with E-state index in [9.17, 15) is 9.59 Å². The maximum atomic E-state index is 12.5. The summed E-state index contributed by atoms with van der Waals surface area (Å²) in [5.74, 6) is 0.611. The van der Waals surface area contributed by atoms with Gasteiger partial charge in [0.25, 0.3) is 11.8 Å². The summed E-state index contributed by atoms with van der Waals surface area (Å²) >= 11 is 5.96. The van der Waals surface area contributed by atoms with E-state index in [0.717, 1.165) is 16.9 Å². The van der Waals surface area contributed by atoms with Crippen LogP contribution in [-0.4, -0.2) is 54.4 Å². The fraction of sp³-hybridized carbons (Fsp3) is 0.333. The van der Waals surface area contributed by atoms with E-state index < -0.39 is 0 Å². The van der Waals surface area contributed by atoms with Crippen molar-refractivity contribution in [2.75, 3.05) is 32.8 Å². The predicted octanol–water partition coefficient (Wildman–Crippen LogP) is 3.32. The van der Waals surface area contributed by atoms with Gasteiger partial charge in [-0.25, -0.2) is 0 Å². The Balaban J connectivity index is 1.52. The molecule has 2 amide bonds. The summed E-state index contributed by atoms with van der Waals surface area (Å²) in [6.07, 6.45) is 0. The van der Waals surface area contributed by atoms with Gasteiger partial charge in [0.1, 0.15) is 5.75 Å². The van der Waals surface area contributed by atoms with Crippen molar-refractivity contribution in [1.82, 2.24) is 9.80 Å². The third-order valence-electron chi connectivity index (χ3n) is 4.90. The maximum absolute atomic E-state index is 12.5. The van der Waals surface area contributed by atoms with Crippen LogP contribution in [0.25, 0.3) is 0 Å². The number of hydrogen-bond acceptors (Lipinski definition) is 3. The van der Waals surface area contributed by atoms with Crippen molar-refractivity contribution in [2.45, 2.75) is 13.8 Å². The number of ether oxygens (including phenoxy) is 1. The van der Waals surface area contributed by atoms with Crippen LogP contribution >= 0.6 is 11.6 Å². The lowest BCUT2D eigenvalue weighted by molar-refractivity contribution is -0.134. The number of aryl methyl sites for hydroxylation is 1. The second-order valence-electron chi connectivity index (χ2n) is 6.67. The Bertz CT molecular complexity index is 845. The number of amides is 2. The molecule has 0 aromatic heterocycles. The van der Waals surface area contributed by atoms with E-state index in [1.165, 1.54) is 0 Å². The number of nitrogens with zero attached hydrogens (tertiary/aromatic N) is 2. The molecule has 142 valence electrons. The second-order valence-corrected chi connectivity index (χ2v) is 7.11. The van der Waals surface area contributed by atoms with Crippen molar-refractivity contribution in [2.24, 2.45) is 0 Å². The predicted molar refractivity (Wildman–Crippen MR) is 105 cm³/mol. The van der Waals surface area contributed by atoms with E-state index in [2.05, 4.69) is 0 Å². The summed E-state index contributed by atoms with van der Waals surface area (Å²) in [4.78, 5) is 28.5. The van der Waals surface area contributed by atoms with Gasteiger partial charge in [-0.15, -0.1) is 0 Å². The van der Waals surface area contributed by atoms with Crippen LogP contribution in [-0.2, 0) is 4.79 Å². The summed E-state index contributed by atoms with van der Waals surface area (Å²) in [6, 6.07) is 12.7. The zero-order valence-electron chi connectivity index (χ0n) is 15.6. The molecule has 0 atom stereocenters. The molecule has 27 heavy (non-hydrogen) atoms. The number of hydrogen-bond donors (Lipinski definition) is 0. The van der Waals surface area contributed by atoms with Crippen LogP contribution in [0.3, 0.4) is 0 Å². The first kappa shape index (κ1) is 19.2. The van der Waals surface area contributed by atoms with Crippen LogP contribution in [0.15, 0.2) is 42.5 Å². The molecule has 1 saturated heterocycles. The molecular weight excluding hydrogens is 364 g/mol. The lowest BCUT2D eigenvalue weighted by Gasteiger charge is -2.34. The number of halogens is 1. The topological polar surface area (TPSA) is 49.9 Å². The molecule has 1 fully saturated rings. The van der Waals surface area contributed by atoms with Crippen LogP contribution in [0, 0.1) is 13.8 Å². The normalized spacial score (nSPS) is 14.2. The van der Waals surface area contributed by atoms with E-state index in [0.29, 0.717) is 36.8 Å². The Hall–Kier alpha value is -2.53. The molecule has 3 rings (SSSR count). The molecule has 2 aromatic carbocycles. The van der Waals surface area contributed by atoms with E-state index in [-0.39, 0.29) is 18.4 Å². The van der Waals surface area contributed by atoms with Gasteiger partial charge in [0.05, 0.1) is 0 Å². The average Bonchev–Trinajstić information content (AvgIpc) is 2.68. The summed E-state index contributed by atoms with van der Waals surface area (Å²) in [7, 11) is 0. The zero-order chi connectivity index (χ0) is 19.4. The molecule has 2 aromatic rings. The minimum atomic E-state index is -0.0641. The number of piperazine rings is 1. The molecule has 1 aliphatic rings. The monoisotopic (exact) mass is 386 g/mol. The summed E-state index contributed by atoms with van der Waals surface area (Å²) in [5, 5.41) is 0.540. The summed E-state index contributed by atoms with van der Waals surface area (Å²) in [5.41, 5.74) is 2.75. The van der Waals surface area contributed by atoms with Crippen molar-refractivity contribution in [3.8, 4) is 5.75 Å². The highest BCUT2D eigenvalue weighted by molar-refractivity contribution is 6.30. The molecule has 1 heterocycles. The van der Waals surface area contributed by atoms with Crippen LogP contribution in [0.5, 0.6) is 5.75 Å². The van der Waals surface area contributed by atoms with Crippen LogP contribution in [0.4, 0.5) is 0 Å². The van der Waals surface area contributed by atoms with Crippen molar-refractivity contribution >= 4 is 23.4 Å². The van der Waals surface area contributed by atoms with Crippen LogP contribution in [0.2, 0.25) is 5.02 Å². The van der Waals surface area contributed by atoms with Crippen molar-refractivity contribution in [3.05, 3.63) is 64.2 Å². The van der Waals surface area contributed by atoms with Gasteiger partial charge in [0, 0.05) is 36.8 Å². The molecule has 0 saturated carbocycles. The van der Waals surface area contributed by atoms with Gasteiger partial charge >= 0.3 is 0 Å². The standard InChI is InChI=1S/C21H23ClN2O3/c1-15-5-3-8-19(16(15)2)27-14-20(25)23-9-11-24(12-10-23)21(26)17-6-4-7-18(22)13-17/h3-8,13H,9-12,14H2,1-2H3. The molecule has 1 aliphatic heterocycles. The third kappa shape index (κ3) is 4.61. The van der Waals surface area contributed by atoms with Crippen molar-refractivity contribution in [3.63, 3.8) is 0 Å². The minimum Gasteiger partial charge on any atom is -0.483 e. The molecule has 0 radical (unpaired) electrons. The molecule has 0 aliphatic carbocycles. The zero-order valence-corrected chi connectivity index (χ0v) is 16.3. The minimum absolute atomic E-state index is 0.00648. The van der Waals surface area contributed by atoms with E-state index >= 15 is 0 Å². The molecule has 0 unspecified atom stereocenters. The van der Waals surface area contributed by atoms with Crippen molar-refractivity contribution in [1.29, 1.82) is 0 Å². The SMILES string of the molecule is Cc1cccc(OCC(=O)N2CCN(C(=O)c3cccc(Cl)c3)CC2)c1C. The van der Waals surface area contributed by atoms with E-state index in [1.807, 2.05) is 32.0 Å². The Morgan fingerprint density at radius 1 is 1.00 bits per heavy atom. The Kier molecular flexibility index (Phi) is 6.01. The lowest BCUT2D eigenvalue weighted by atomic mass is 10.1.